The molecule has 37 heavy (non-hydrogen) atoms. The monoisotopic (exact) mass is 533 g/mol. The van der Waals surface area contributed by atoms with Gasteiger partial charge in [0.15, 0.2) is 17.3 Å². The van der Waals surface area contributed by atoms with Crippen molar-refractivity contribution in [3.63, 3.8) is 0 Å². The lowest BCUT2D eigenvalue weighted by molar-refractivity contribution is 0.00152. The molecule has 3 atom stereocenters. The number of anilines is 1. The van der Waals surface area contributed by atoms with Crippen molar-refractivity contribution in [3.05, 3.63) is 35.9 Å². The van der Waals surface area contributed by atoms with Crippen molar-refractivity contribution in [2.45, 2.75) is 51.2 Å². The molecule has 0 bridgehead atoms. The summed E-state index contributed by atoms with van der Waals surface area (Å²) in [7, 11) is -1.02. The minimum Gasteiger partial charge on any atom is -0.489 e. The summed E-state index contributed by atoms with van der Waals surface area (Å²) in [5.74, 6) is 1.41. The first-order valence-electron chi connectivity index (χ1n) is 11.7. The number of hydrogen-bond acceptors (Lipinski definition) is 11. The average molecular weight is 534 g/mol. The van der Waals surface area contributed by atoms with Gasteiger partial charge < -0.3 is 18.9 Å². The number of aromatic nitrogens is 6. The standard InChI is InChI=1S/C23H31N7O6S/c1-13(2)36-20(21-24-9-14(3)10-25-21)15(4)37(31,32)29-23-28-27-22-19-17(7-8-18(26-19)34-6)35-12-16(11-33-5)30(22)23/h7-10,13,15-16,20H,11-12H2,1-6H3,(H,28,29)/t15-,16-,20+/m0/s1. The van der Waals surface area contributed by atoms with Crippen LogP contribution in [0.15, 0.2) is 24.5 Å². The van der Waals surface area contributed by atoms with Gasteiger partial charge in [0.25, 0.3) is 0 Å². The van der Waals surface area contributed by atoms with E-state index in [1.807, 2.05) is 20.8 Å². The molecule has 0 radical (unpaired) electrons. The fraction of sp³-hybridized carbons (Fsp3) is 0.522. The number of rotatable bonds is 10. The summed E-state index contributed by atoms with van der Waals surface area (Å²) < 4.78 is 54.0. The van der Waals surface area contributed by atoms with Crippen LogP contribution in [0.5, 0.6) is 11.6 Å². The SMILES string of the molecule is COC[C@H]1COc2ccc(OC)nc2-c2nnc(NS(=O)(=O)[C@@H](C)[C@@H](OC(C)C)c3ncc(C)cn3)n21. The summed E-state index contributed by atoms with van der Waals surface area (Å²) in [4.78, 5) is 13.1. The Bertz CT molecular complexity index is 1330. The number of nitrogens with zero attached hydrogens (tertiary/aromatic N) is 6. The topological polar surface area (TPSA) is 152 Å². The Morgan fingerprint density at radius 3 is 2.54 bits per heavy atom. The Balaban J connectivity index is 1.72. The van der Waals surface area contributed by atoms with Crippen LogP contribution in [0.4, 0.5) is 5.95 Å². The number of nitrogens with one attached hydrogen (secondary N) is 1. The summed E-state index contributed by atoms with van der Waals surface area (Å²) >= 11 is 0. The van der Waals surface area contributed by atoms with Gasteiger partial charge in [0.05, 0.1) is 25.9 Å². The molecule has 200 valence electrons. The van der Waals surface area contributed by atoms with Crippen LogP contribution in [0.1, 0.15) is 44.3 Å². The zero-order valence-corrected chi connectivity index (χ0v) is 22.4. The number of fused-ring (bicyclic) bond motifs is 3. The van der Waals surface area contributed by atoms with Crippen LogP contribution in [0, 0.1) is 6.92 Å². The van der Waals surface area contributed by atoms with Crippen LogP contribution in [0.25, 0.3) is 11.5 Å². The fourth-order valence-electron chi connectivity index (χ4n) is 3.87. The van der Waals surface area contributed by atoms with Crippen molar-refractivity contribution < 1.29 is 27.4 Å². The Kier molecular flexibility index (Phi) is 7.90. The van der Waals surface area contributed by atoms with E-state index in [0.717, 1.165) is 5.56 Å². The third-order valence-corrected chi connectivity index (χ3v) is 7.42. The fourth-order valence-corrected chi connectivity index (χ4v) is 4.96. The Hall–Kier alpha value is -3.36. The van der Waals surface area contributed by atoms with Crippen LogP contribution in [0.2, 0.25) is 0 Å². The predicted molar refractivity (Wildman–Crippen MR) is 134 cm³/mol. The third-order valence-electron chi connectivity index (χ3n) is 5.73. The molecule has 0 amide bonds. The van der Waals surface area contributed by atoms with E-state index in [1.165, 1.54) is 14.0 Å². The number of aryl methyl sites for hydroxylation is 1. The Morgan fingerprint density at radius 1 is 1.16 bits per heavy atom. The van der Waals surface area contributed by atoms with E-state index in [2.05, 4.69) is 29.9 Å². The van der Waals surface area contributed by atoms with Gasteiger partial charge in [0.2, 0.25) is 21.9 Å². The smallest absolute Gasteiger partial charge is 0.240 e. The first-order valence-corrected chi connectivity index (χ1v) is 13.3. The van der Waals surface area contributed by atoms with E-state index in [-0.39, 0.29) is 31.1 Å². The van der Waals surface area contributed by atoms with Gasteiger partial charge in [-0.1, -0.05) is 0 Å². The molecule has 0 saturated heterocycles. The molecule has 13 nitrogen and oxygen atoms in total. The van der Waals surface area contributed by atoms with E-state index < -0.39 is 27.4 Å². The summed E-state index contributed by atoms with van der Waals surface area (Å²) in [6, 6.07) is 2.95. The molecule has 1 aliphatic rings. The molecule has 0 unspecified atom stereocenters. The first-order chi connectivity index (χ1) is 17.6. The van der Waals surface area contributed by atoms with Crippen LogP contribution in [-0.2, 0) is 19.5 Å². The van der Waals surface area contributed by atoms with E-state index in [0.29, 0.717) is 23.1 Å². The lowest BCUT2D eigenvalue weighted by Crippen LogP contribution is -2.35. The van der Waals surface area contributed by atoms with Gasteiger partial charge in [-0.15, -0.1) is 10.2 Å². The quantitative estimate of drug-likeness (QED) is 0.408. The molecule has 14 heteroatoms. The van der Waals surface area contributed by atoms with Crippen molar-refractivity contribution in [3.8, 4) is 23.1 Å². The van der Waals surface area contributed by atoms with Crippen LogP contribution in [0.3, 0.4) is 0 Å². The number of methoxy groups -OCH3 is 2. The molecular formula is C23H31N7O6S. The molecule has 1 N–H and O–H groups in total. The van der Waals surface area contributed by atoms with Crippen LogP contribution >= 0.6 is 0 Å². The van der Waals surface area contributed by atoms with Crippen molar-refractivity contribution in [2.24, 2.45) is 0 Å². The van der Waals surface area contributed by atoms with Crippen molar-refractivity contribution >= 4 is 16.0 Å². The van der Waals surface area contributed by atoms with Crippen LogP contribution in [-0.4, -0.2) is 76.9 Å². The molecule has 0 aliphatic carbocycles. The summed E-state index contributed by atoms with van der Waals surface area (Å²) in [5.41, 5.74) is 1.22. The largest absolute Gasteiger partial charge is 0.489 e. The minimum absolute atomic E-state index is 0.00177. The Labute approximate surface area is 215 Å². The highest BCUT2D eigenvalue weighted by atomic mass is 32.2. The van der Waals surface area contributed by atoms with Gasteiger partial charge in [-0.2, -0.15) is 0 Å². The second-order valence-electron chi connectivity index (χ2n) is 8.91. The third kappa shape index (κ3) is 5.65. The minimum atomic E-state index is -4.07. The van der Waals surface area contributed by atoms with Gasteiger partial charge in [0, 0.05) is 25.6 Å². The summed E-state index contributed by atoms with van der Waals surface area (Å²) in [6.07, 6.45) is 2.06. The maximum absolute atomic E-state index is 13.6. The van der Waals surface area contributed by atoms with Gasteiger partial charge >= 0.3 is 0 Å². The molecule has 4 rings (SSSR count). The molecule has 0 fully saturated rings. The van der Waals surface area contributed by atoms with E-state index >= 15 is 0 Å². The van der Waals surface area contributed by atoms with E-state index in [4.69, 9.17) is 18.9 Å². The second-order valence-corrected chi connectivity index (χ2v) is 11.0. The first kappa shape index (κ1) is 26.7. The lowest BCUT2D eigenvalue weighted by Gasteiger charge is -2.26. The van der Waals surface area contributed by atoms with Gasteiger partial charge in [-0.25, -0.2) is 23.4 Å². The zero-order valence-electron chi connectivity index (χ0n) is 21.6. The molecule has 4 heterocycles. The van der Waals surface area contributed by atoms with Crippen molar-refractivity contribution in [2.75, 3.05) is 32.2 Å². The normalized spacial score (nSPS) is 16.8. The van der Waals surface area contributed by atoms with Crippen molar-refractivity contribution in [1.82, 2.24) is 29.7 Å². The molecule has 1 aliphatic heterocycles. The second kappa shape index (κ2) is 10.9. The zero-order chi connectivity index (χ0) is 26.7. The molecule has 0 aromatic carbocycles. The highest BCUT2D eigenvalue weighted by molar-refractivity contribution is 7.93. The average Bonchev–Trinajstić information content (AvgIpc) is 3.20. The van der Waals surface area contributed by atoms with Gasteiger partial charge in [-0.3, -0.25) is 9.29 Å². The number of ether oxygens (including phenoxy) is 4. The van der Waals surface area contributed by atoms with Crippen molar-refractivity contribution in [1.29, 1.82) is 0 Å². The molecular weight excluding hydrogens is 502 g/mol. The predicted octanol–water partition coefficient (Wildman–Crippen LogP) is 2.32. The summed E-state index contributed by atoms with van der Waals surface area (Å²) in [6.45, 7) is 7.43. The molecule has 3 aromatic heterocycles. The highest BCUT2D eigenvalue weighted by Gasteiger charge is 2.37. The molecule has 0 spiro atoms. The number of pyridine rings is 1. The highest BCUT2D eigenvalue weighted by Crippen LogP contribution is 2.36. The molecule has 0 saturated carbocycles. The molecule has 3 aromatic rings. The summed E-state index contributed by atoms with van der Waals surface area (Å²) in [5, 5.41) is 7.33. The van der Waals surface area contributed by atoms with Gasteiger partial charge in [0.1, 0.15) is 23.7 Å². The maximum atomic E-state index is 13.6. The lowest BCUT2D eigenvalue weighted by atomic mass is 10.2. The number of sulfonamides is 1. The van der Waals surface area contributed by atoms with E-state index in [9.17, 15) is 8.42 Å². The van der Waals surface area contributed by atoms with Gasteiger partial charge in [-0.05, 0) is 39.3 Å². The number of hydrogen-bond donors (Lipinski definition) is 1. The maximum Gasteiger partial charge on any atom is 0.240 e. The van der Waals surface area contributed by atoms with E-state index in [1.54, 1.807) is 36.2 Å². The Morgan fingerprint density at radius 2 is 1.89 bits per heavy atom. The van der Waals surface area contributed by atoms with Crippen LogP contribution < -0.4 is 14.2 Å².